The van der Waals surface area contributed by atoms with Gasteiger partial charge in [-0.1, -0.05) is 50.2 Å². The molecular formula is C22H29N2O3S+. The van der Waals surface area contributed by atoms with Crippen molar-refractivity contribution in [1.82, 2.24) is 4.31 Å². The average molecular weight is 402 g/mol. The molecule has 0 amide bonds. The van der Waals surface area contributed by atoms with Crippen molar-refractivity contribution in [3.8, 4) is 0 Å². The van der Waals surface area contributed by atoms with Crippen LogP contribution in [0.2, 0.25) is 0 Å². The largest absolute Gasteiger partial charge is 0.329 e. The van der Waals surface area contributed by atoms with E-state index < -0.39 is 10.0 Å². The fourth-order valence-electron chi connectivity index (χ4n) is 3.54. The zero-order valence-electron chi connectivity index (χ0n) is 16.8. The Kier molecular flexibility index (Phi) is 6.33. The molecule has 150 valence electrons. The molecule has 0 unspecified atom stereocenters. The summed E-state index contributed by atoms with van der Waals surface area (Å²) in [5, 5.41) is 0. The topological polar surface area (TPSA) is 58.9 Å². The predicted molar refractivity (Wildman–Crippen MR) is 110 cm³/mol. The van der Waals surface area contributed by atoms with E-state index in [-0.39, 0.29) is 10.7 Å². The third-order valence-corrected chi connectivity index (χ3v) is 7.34. The Hall–Kier alpha value is -2.02. The van der Waals surface area contributed by atoms with Crippen LogP contribution in [0.4, 0.5) is 0 Å². The molecule has 1 aliphatic heterocycles. The number of quaternary nitrogens is 1. The third-order valence-electron chi connectivity index (χ3n) is 5.43. The summed E-state index contributed by atoms with van der Waals surface area (Å²) < 4.78 is 27.3. The van der Waals surface area contributed by atoms with E-state index in [9.17, 15) is 13.2 Å². The van der Waals surface area contributed by atoms with Gasteiger partial charge in [0.1, 0.15) is 6.54 Å². The molecule has 2 aromatic rings. The quantitative estimate of drug-likeness (QED) is 0.754. The summed E-state index contributed by atoms with van der Waals surface area (Å²) in [6.45, 7) is 9.36. The van der Waals surface area contributed by atoms with E-state index in [0.717, 1.165) is 19.6 Å². The van der Waals surface area contributed by atoms with Crippen molar-refractivity contribution < 1.29 is 18.1 Å². The molecule has 1 fully saturated rings. The Labute approximate surface area is 168 Å². The van der Waals surface area contributed by atoms with Crippen LogP contribution in [-0.4, -0.2) is 44.7 Å². The molecule has 28 heavy (non-hydrogen) atoms. The maximum absolute atomic E-state index is 12.9. The number of hydrogen-bond acceptors (Lipinski definition) is 3. The number of hydrogen-bond donors (Lipinski definition) is 1. The number of Topliss-reactive ketones (excluding diaryl/α,β-unsaturated/α-hetero) is 1. The molecular weight excluding hydrogens is 372 g/mol. The van der Waals surface area contributed by atoms with Crippen molar-refractivity contribution in [1.29, 1.82) is 0 Å². The average Bonchev–Trinajstić information content (AvgIpc) is 2.69. The zero-order chi connectivity index (χ0) is 20.3. The van der Waals surface area contributed by atoms with Crippen LogP contribution >= 0.6 is 0 Å². The van der Waals surface area contributed by atoms with E-state index >= 15 is 0 Å². The number of carbonyl (C=O) groups excluding carboxylic acids is 1. The van der Waals surface area contributed by atoms with Crippen molar-refractivity contribution in [2.75, 3.05) is 26.2 Å². The molecule has 0 bridgehead atoms. The SMILES string of the molecule is CC(=O)c1ccc(S(=O)(=O)N2CC[NH+](Cc3ccc(C(C)C)cc3)CC2)cc1. The van der Waals surface area contributed by atoms with Gasteiger partial charge in [0.05, 0.1) is 31.1 Å². The van der Waals surface area contributed by atoms with Crippen LogP contribution < -0.4 is 4.90 Å². The van der Waals surface area contributed by atoms with Crippen LogP contribution in [0.3, 0.4) is 0 Å². The first-order valence-electron chi connectivity index (χ1n) is 9.81. The fraction of sp³-hybridized carbons (Fsp3) is 0.409. The van der Waals surface area contributed by atoms with E-state index in [4.69, 9.17) is 0 Å². The molecule has 2 aromatic carbocycles. The number of carbonyl (C=O) groups is 1. The molecule has 0 aliphatic carbocycles. The molecule has 1 saturated heterocycles. The number of rotatable bonds is 6. The van der Waals surface area contributed by atoms with Crippen LogP contribution in [0.15, 0.2) is 53.4 Å². The minimum Gasteiger partial charge on any atom is -0.329 e. The van der Waals surface area contributed by atoms with Crippen LogP contribution in [0, 0.1) is 0 Å². The number of ketones is 1. The molecule has 0 saturated carbocycles. The van der Waals surface area contributed by atoms with Crippen LogP contribution in [0.5, 0.6) is 0 Å². The Balaban J connectivity index is 1.60. The smallest absolute Gasteiger partial charge is 0.243 e. The zero-order valence-corrected chi connectivity index (χ0v) is 17.6. The lowest BCUT2D eigenvalue weighted by Gasteiger charge is -2.31. The van der Waals surface area contributed by atoms with Crippen LogP contribution in [-0.2, 0) is 16.6 Å². The second kappa shape index (κ2) is 8.55. The summed E-state index contributed by atoms with van der Waals surface area (Å²) >= 11 is 0. The first-order chi connectivity index (χ1) is 13.3. The molecule has 0 aromatic heterocycles. The van der Waals surface area contributed by atoms with Crippen molar-refractivity contribution in [2.24, 2.45) is 0 Å². The van der Waals surface area contributed by atoms with E-state index in [1.54, 1.807) is 16.4 Å². The van der Waals surface area contributed by atoms with Gasteiger partial charge in [-0.3, -0.25) is 4.79 Å². The molecule has 0 atom stereocenters. The highest BCUT2D eigenvalue weighted by Gasteiger charge is 2.30. The highest BCUT2D eigenvalue weighted by molar-refractivity contribution is 7.89. The summed E-state index contributed by atoms with van der Waals surface area (Å²) in [6, 6.07) is 15.0. The molecule has 0 spiro atoms. The first-order valence-corrected chi connectivity index (χ1v) is 11.2. The van der Waals surface area contributed by atoms with Crippen LogP contribution in [0.25, 0.3) is 0 Å². The van der Waals surface area contributed by atoms with E-state index in [1.807, 2.05) is 0 Å². The van der Waals surface area contributed by atoms with E-state index in [0.29, 0.717) is 24.6 Å². The number of benzene rings is 2. The molecule has 6 heteroatoms. The summed E-state index contributed by atoms with van der Waals surface area (Å²) in [4.78, 5) is 13.0. The highest BCUT2D eigenvalue weighted by Crippen LogP contribution is 2.17. The van der Waals surface area contributed by atoms with Crippen molar-refractivity contribution >= 4 is 15.8 Å². The van der Waals surface area contributed by atoms with Gasteiger partial charge in [0.2, 0.25) is 10.0 Å². The van der Waals surface area contributed by atoms with Crippen LogP contribution in [0.1, 0.15) is 48.2 Å². The molecule has 0 radical (unpaired) electrons. The van der Waals surface area contributed by atoms with E-state index in [2.05, 4.69) is 38.1 Å². The summed E-state index contributed by atoms with van der Waals surface area (Å²) in [5.74, 6) is 0.460. The standard InChI is InChI=1S/C22H28N2O3S/c1-17(2)20-6-4-19(5-7-20)16-23-12-14-24(15-13-23)28(26,27)22-10-8-21(9-11-22)18(3)25/h4-11,17H,12-16H2,1-3H3/p+1. The Morgan fingerprint density at radius 2 is 1.57 bits per heavy atom. The molecule has 1 aliphatic rings. The maximum atomic E-state index is 12.9. The number of piperazine rings is 1. The Bertz CT molecular complexity index is 911. The maximum Gasteiger partial charge on any atom is 0.243 e. The lowest BCUT2D eigenvalue weighted by Crippen LogP contribution is -3.13. The third kappa shape index (κ3) is 4.69. The summed E-state index contributed by atoms with van der Waals surface area (Å²) in [7, 11) is -3.51. The van der Waals surface area contributed by atoms with Gasteiger partial charge in [-0.2, -0.15) is 4.31 Å². The highest BCUT2D eigenvalue weighted by atomic mass is 32.2. The molecule has 1 heterocycles. The minimum absolute atomic E-state index is 0.0670. The van der Waals surface area contributed by atoms with Crippen molar-refractivity contribution in [2.45, 2.75) is 38.1 Å². The fourth-order valence-corrected chi connectivity index (χ4v) is 4.98. The second-order valence-corrected chi connectivity index (χ2v) is 9.75. The van der Waals surface area contributed by atoms with Gasteiger partial charge < -0.3 is 4.90 Å². The Morgan fingerprint density at radius 3 is 2.07 bits per heavy atom. The second-order valence-electron chi connectivity index (χ2n) is 7.81. The molecule has 1 N–H and O–H groups in total. The summed E-state index contributed by atoms with van der Waals surface area (Å²) in [5.41, 5.74) is 3.15. The van der Waals surface area contributed by atoms with Gasteiger partial charge in [0, 0.05) is 11.1 Å². The number of nitrogens with one attached hydrogen (secondary N) is 1. The normalized spacial score (nSPS) is 16.4. The molecule has 5 nitrogen and oxygen atoms in total. The van der Waals surface area contributed by atoms with Crippen molar-refractivity contribution in [3.63, 3.8) is 0 Å². The van der Waals surface area contributed by atoms with Gasteiger partial charge in [-0.15, -0.1) is 0 Å². The summed E-state index contributed by atoms with van der Waals surface area (Å²) in [6.07, 6.45) is 0. The minimum atomic E-state index is -3.51. The number of sulfonamides is 1. The predicted octanol–water partition coefficient (Wildman–Crippen LogP) is 2.10. The van der Waals surface area contributed by atoms with Gasteiger partial charge >= 0.3 is 0 Å². The monoisotopic (exact) mass is 401 g/mol. The van der Waals surface area contributed by atoms with Gasteiger partial charge in [0.15, 0.2) is 5.78 Å². The van der Waals surface area contributed by atoms with Gasteiger partial charge in [-0.25, -0.2) is 8.42 Å². The van der Waals surface area contributed by atoms with Crippen molar-refractivity contribution in [3.05, 3.63) is 65.2 Å². The van der Waals surface area contributed by atoms with E-state index in [1.165, 1.54) is 35.1 Å². The lowest BCUT2D eigenvalue weighted by atomic mass is 10.0. The Morgan fingerprint density at radius 1 is 1.00 bits per heavy atom. The molecule has 3 rings (SSSR count). The van der Waals surface area contributed by atoms with Gasteiger partial charge in [0.25, 0.3) is 0 Å². The lowest BCUT2D eigenvalue weighted by molar-refractivity contribution is -0.917. The number of nitrogens with zero attached hydrogens (tertiary/aromatic N) is 1. The first kappa shape index (κ1) is 20.7. The van der Waals surface area contributed by atoms with Gasteiger partial charge in [-0.05, 0) is 30.5 Å².